The van der Waals surface area contributed by atoms with E-state index in [4.69, 9.17) is 9.15 Å². The largest absolute Gasteiger partial charge is 0.464 e. The Bertz CT molecular complexity index is 715. The molecule has 2 unspecified atom stereocenters. The number of non-ortho nitro benzene ring substituents is 1. The molecule has 1 aliphatic rings. The fraction of sp³-hybridized carbons (Fsp3) is 0.412. The van der Waals surface area contributed by atoms with E-state index in [9.17, 15) is 15.2 Å². The highest BCUT2D eigenvalue weighted by atomic mass is 16.6. The van der Waals surface area contributed by atoms with Crippen LogP contribution in [0.25, 0.3) is 0 Å². The predicted molar refractivity (Wildman–Crippen MR) is 86.6 cm³/mol. The summed E-state index contributed by atoms with van der Waals surface area (Å²) in [7, 11) is 0. The van der Waals surface area contributed by atoms with Gasteiger partial charge in [-0.2, -0.15) is 0 Å². The van der Waals surface area contributed by atoms with Gasteiger partial charge in [0.2, 0.25) is 0 Å². The second-order valence-electron chi connectivity index (χ2n) is 5.94. The Labute approximate surface area is 139 Å². The highest BCUT2D eigenvalue weighted by molar-refractivity contribution is 5.35. The normalized spacial score (nSPS) is 20.0. The maximum atomic E-state index is 10.9. The van der Waals surface area contributed by atoms with Gasteiger partial charge in [0.1, 0.15) is 17.6 Å². The summed E-state index contributed by atoms with van der Waals surface area (Å²) < 4.78 is 11.4. The van der Waals surface area contributed by atoms with Crippen LogP contribution in [0, 0.1) is 17.0 Å². The standard InChI is InChI=1S/C17H20N2O5/c1-12-5-6-16(24-12)17-11-18(7-8-23-17)10-15(20)13-3-2-4-14(9-13)19(21)22/h2-6,9,15,17,20H,7-8,10-11H2,1H3. The van der Waals surface area contributed by atoms with Crippen molar-refractivity contribution < 1.29 is 19.2 Å². The topological polar surface area (TPSA) is 89.0 Å². The van der Waals surface area contributed by atoms with Gasteiger partial charge in [0.05, 0.1) is 17.6 Å². The fourth-order valence-corrected chi connectivity index (χ4v) is 2.86. The van der Waals surface area contributed by atoms with Crippen LogP contribution in [0.15, 0.2) is 40.8 Å². The summed E-state index contributed by atoms with van der Waals surface area (Å²) in [4.78, 5) is 12.5. The van der Waals surface area contributed by atoms with E-state index < -0.39 is 11.0 Å². The van der Waals surface area contributed by atoms with Crippen LogP contribution in [-0.4, -0.2) is 41.2 Å². The lowest BCUT2D eigenvalue weighted by Crippen LogP contribution is -2.40. The minimum Gasteiger partial charge on any atom is -0.464 e. The van der Waals surface area contributed by atoms with E-state index >= 15 is 0 Å². The Kier molecular flexibility index (Phi) is 4.94. The van der Waals surface area contributed by atoms with Gasteiger partial charge in [0.25, 0.3) is 5.69 Å². The molecule has 1 aliphatic heterocycles. The first kappa shape index (κ1) is 16.6. The van der Waals surface area contributed by atoms with Gasteiger partial charge >= 0.3 is 0 Å². The van der Waals surface area contributed by atoms with E-state index in [1.807, 2.05) is 19.1 Å². The SMILES string of the molecule is Cc1ccc(C2CN(CC(O)c3cccc([N+](=O)[O-])c3)CCO2)o1. The van der Waals surface area contributed by atoms with Crippen molar-refractivity contribution >= 4 is 5.69 Å². The van der Waals surface area contributed by atoms with E-state index in [-0.39, 0.29) is 11.8 Å². The van der Waals surface area contributed by atoms with Crippen LogP contribution in [0.2, 0.25) is 0 Å². The van der Waals surface area contributed by atoms with Crippen molar-refractivity contribution in [3.05, 3.63) is 63.6 Å². The molecule has 7 heteroatoms. The molecule has 7 nitrogen and oxygen atoms in total. The zero-order valence-electron chi connectivity index (χ0n) is 13.4. The number of rotatable bonds is 5. The van der Waals surface area contributed by atoms with Crippen molar-refractivity contribution in [2.75, 3.05) is 26.2 Å². The van der Waals surface area contributed by atoms with Crippen LogP contribution >= 0.6 is 0 Å². The lowest BCUT2D eigenvalue weighted by atomic mass is 10.1. The molecule has 1 aromatic carbocycles. The fourth-order valence-electron chi connectivity index (χ4n) is 2.86. The first-order valence-corrected chi connectivity index (χ1v) is 7.85. The smallest absolute Gasteiger partial charge is 0.269 e. The second kappa shape index (κ2) is 7.12. The quantitative estimate of drug-likeness (QED) is 0.669. The van der Waals surface area contributed by atoms with Crippen molar-refractivity contribution in [2.24, 2.45) is 0 Å². The lowest BCUT2D eigenvalue weighted by Gasteiger charge is -2.33. The minimum absolute atomic E-state index is 0.0162. The lowest BCUT2D eigenvalue weighted by molar-refractivity contribution is -0.385. The van der Waals surface area contributed by atoms with Crippen molar-refractivity contribution in [3.8, 4) is 0 Å². The van der Waals surface area contributed by atoms with Gasteiger partial charge in [0.15, 0.2) is 0 Å². The molecule has 0 radical (unpaired) electrons. The third kappa shape index (κ3) is 3.81. The molecule has 128 valence electrons. The van der Waals surface area contributed by atoms with Crippen LogP contribution in [0.3, 0.4) is 0 Å². The Balaban J connectivity index is 1.64. The highest BCUT2D eigenvalue weighted by Crippen LogP contribution is 2.26. The Morgan fingerprint density at radius 3 is 2.96 bits per heavy atom. The predicted octanol–water partition coefficient (Wildman–Crippen LogP) is 2.60. The van der Waals surface area contributed by atoms with E-state index in [0.717, 1.165) is 11.5 Å². The third-order valence-electron chi connectivity index (χ3n) is 4.13. The first-order chi connectivity index (χ1) is 11.5. The van der Waals surface area contributed by atoms with Crippen LogP contribution in [0.1, 0.15) is 29.3 Å². The molecule has 1 fully saturated rings. The summed E-state index contributed by atoms with van der Waals surface area (Å²) >= 11 is 0. The molecular formula is C17H20N2O5. The first-order valence-electron chi connectivity index (χ1n) is 7.85. The molecule has 0 bridgehead atoms. The van der Waals surface area contributed by atoms with E-state index in [1.165, 1.54) is 12.1 Å². The van der Waals surface area contributed by atoms with Gasteiger partial charge in [-0.15, -0.1) is 0 Å². The molecule has 1 saturated heterocycles. The monoisotopic (exact) mass is 332 g/mol. The maximum absolute atomic E-state index is 10.9. The molecule has 1 N–H and O–H groups in total. The number of nitro benzene ring substituents is 1. The second-order valence-corrected chi connectivity index (χ2v) is 5.94. The number of β-amino-alcohol motifs (C(OH)–C–C–N with tert-alkyl or cyclic N) is 1. The molecule has 24 heavy (non-hydrogen) atoms. The molecule has 2 aromatic rings. The Morgan fingerprint density at radius 2 is 2.25 bits per heavy atom. The van der Waals surface area contributed by atoms with Crippen LogP contribution < -0.4 is 0 Å². The molecule has 3 rings (SSSR count). The summed E-state index contributed by atoms with van der Waals surface area (Å²) in [6, 6.07) is 9.92. The van der Waals surface area contributed by atoms with Gasteiger partial charge in [-0.1, -0.05) is 12.1 Å². The summed E-state index contributed by atoms with van der Waals surface area (Å²) in [6.45, 7) is 4.13. The number of nitro groups is 1. The Hall–Kier alpha value is -2.22. The van der Waals surface area contributed by atoms with Crippen LogP contribution in [-0.2, 0) is 4.74 Å². The van der Waals surface area contributed by atoms with Gasteiger partial charge in [-0.3, -0.25) is 15.0 Å². The van der Waals surface area contributed by atoms with E-state index in [2.05, 4.69) is 4.90 Å². The number of aliphatic hydroxyl groups excluding tert-OH is 1. The highest BCUT2D eigenvalue weighted by Gasteiger charge is 2.26. The molecule has 2 atom stereocenters. The van der Waals surface area contributed by atoms with Crippen LogP contribution in [0.4, 0.5) is 5.69 Å². The van der Waals surface area contributed by atoms with Crippen molar-refractivity contribution in [1.82, 2.24) is 4.90 Å². The summed E-state index contributed by atoms with van der Waals surface area (Å²) in [5, 5.41) is 21.3. The molecule has 2 heterocycles. The third-order valence-corrected chi connectivity index (χ3v) is 4.13. The summed E-state index contributed by atoms with van der Waals surface area (Å²) in [6.07, 6.45) is -0.952. The number of furan rings is 1. The summed E-state index contributed by atoms with van der Waals surface area (Å²) in [5.41, 5.74) is 0.526. The molecule has 0 amide bonds. The number of aryl methyl sites for hydroxylation is 1. The number of hydrogen-bond donors (Lipinski definition) is 1. The minimum atomic E-state index is -0.790. The number of benzene rings is 1. The van der Waals surface area contributed by atoms with Gasteiger partial charge in [0, 0.05) is 31.8 Å². The van der Waals surface area contributed by atoms with E-state index in [0.29, 0.717) is 31.8 Å². The molecule has 0 saturated carbocycles. The Morgan fingerprint density at radius 1 is 1.42 bits per heavy atom. The maximum Gasteiger partial charge on any atom is 0.269 e. The van der Waals surface area contributed by atoms with Gasteiger partial charge in [-0.05, 0) is 24.6 Å². The zero-order valence-corrected chi connectivity index (χ0v) is 13.4. The van der Waals surface area contributed by atoms with Gasteiger partial charge in [-0.25, -0.2) is 0 Å². The molecule has 0 aliphatic carbocycles. The number of hydrogen-bond acceptors (Lipinski definition) is 6. The number of ether oxygens (including phenoxy) is 1. The average molecular weight is 332 g/mol. The van der Waals surface area contributed by atoms with Crippen molar-refractivity contribution in [3.63, 3.8) is 0 Å². The number of nitrogens with zero attached hydrogens (tertiary/aromatic N) is 2. The summed E-state index contributed by atoms with van der Waals surface area (Å²) in [5.74, 6) is 1.62. The van der Waals surface area contributed by atoms with E-state index in [1.54, 1.807) is 12.1 Å². The molecule has 0 spiro atoms. The average Bonchev–Trinajstić information content (AvgIpc) is 3.02. The number of morpholine rings is 1. The van der Waals surface area contributed by atoms with Crippen molar-refractivity contribution in [1.29, 1.82) is 0 Å². The zero-order chi connectivity index (χ0) is 17.1. The van der Waals surface area contributed by atoms with Gasteiger partial charge < -0.3 is 14.3 Å². The molecule has 1 aromatic heterocycles. The molecular weight excluding hydrogens is 312 g/mol. The van der Waals surface area contributed by atoms with Crippen molar-refractivity contribution in [2.45, 2.75) is 19.1 Å². The number of aliphatic hydroxyl groups is 1. The van der Waals surface area contributed by atoms with Crippen LogP contribution in [0.5, 0.6) is 0 Å².